The molecule has 2 rings (SSSR count). The minimum Gasteiger partial charge on any atom is -0.495 e. The molecule has 2 nitrogen and oxygen atoms in total. The first-order chi connectivity index (χ1) is 10.1. The maximum atomic E-state index is 6.56. The van der Waals surface area contributed by atoms with Crippen molar-refractivity contribution in [1.29, 1.82) is 0 Å². The lowest BCUT2D eigenvalue weighted by Crippen LogP contribution is -2.01. The normalized spacial score (nSPS) is 12.0. The van der Waals surface area contributed by atoms with Gasteiger partial charge in [0, 0.05) is 10.6 Å². The second-order valence-corrected chi connectivity index (χ2v) is 6.26. The van der Waals surface area contributed by atoms with E-state index in [2.05, 4.69) is 15.9 Å². The van der Waals surface area contributed by atoms with E-state index in [4.69, 9.17) is 32.7 Å². The molecular formula is C16H15BrCl2O2. The molecule has 1 atom stereocenters. The molecule has 0 heterocycles. The zero-order chi connectivity index (χ0) is 15.4. The highest BCUT2D eigenvalue weighted by molar-refractivity contribution is 9.10. The van der Waals surface area contributed by atoms with Crippen LogP contribution in [-0.2, 0) is 6.42 Å². The third kappa shape index (κ3) is 3.85. The molecule has 0 aliphatic heterocycles. The van der Waals surface area contributed by atoms with Gasteiger partial charge in [0.1, 0.15) is 16.0 Å². The minimum atomic E-state index is -0.222. The van der Waals surface area contributed by atoms with Crippen LogP contribution < -0.4 is 9.47 Å². The lowest BCUT2D eigenvalue weighted by Gasteiger charge is -2.17. The van der Waals surface area contributed by atoms with Gasteiger partial charge in [0.25, 0.3) is 0 Å². The number of hydrogen-bond donors (Lipinski definition) is 0. The number of hydrogen-bond acceptors (Lipinski definition) is 2. The number of rotatable bonds is 5. The fourth-order valence-corrected chi connectivity index (χ4v) is 3.39. The van der Waals surface area contributed by atoms with Gasteiger partial charge in [-0.2, -0.15) is 0 Å². The zero-order valence-corrected chi connectivity index (χ0v) is 14.8. The van der Waals surface area contributed by atoms with Crippen LogP contribution >= 0.6 is 39.1 Å². The second kappa shape index (κ2) is 7.39. The number of halogens is 3. The van der Waals surface area contributed by atoms with E-state index < -0.39 is 0 Å². The first kappa shape index (κ1) is 16.5. The Hall–Kier alpha value is -0.900. The first-order valence-electron chi connectivity index (χ1n) is 6.35. The van der Waals surface area contributed by atoms with Crippen LogP contribution in [0.2, 0.25) is 5.02 Å². The quantitative estimate of drug-likeness (QED) is 0.615. The number of alkyl halides is 1. The Balaban J connectivity index is 2.30. The molecular weight excluding hydrogens is 375 g/mol. The zero-order valence-electron chi connectivity index (χ0n) is 11.7. The molecule has 1 unspecified atom stereocenters. The maximum Gasteiger partial charge on any atom is 0.141 e. The van der Waals surface area contributed by atoms with E-state index >= 15 is 0 Å². The van der Waals surface area contributed by atoms with E-state index in [-0.39, 0.29) is 5.38 Å². The first-order valence-corrected chi connectivity index (χ1v) is 7.96. The molecule has 0 amide bonds. The van der Waals surface area contributed by atoms with Crippen LogP contribution in [0.15, 0.2) is 40.9 Å². The van der Waals surface area contributed by atoms with Crippen molar-refractivity contribution in [3.8, 4) is 11.5 Å². The van der Waals surface area contributed by atoms with Crippen molar-refractivity contribution in [3.63, 3.8) is 0 Å². The standard InChI is InChI=1S/C16H15BrCl2O2/c1-20-14-7-6-12(16(21-2)15(14)17)13(19)9-10-4-3-5-11(18)8-10/h3-8,13H,9H2,1-2H3. The SMILES string of the molecule is COc1ccc(C(Cl)Cc2cccc(Cl)c2)c(OC)c1Br. The average molecular weight is 390 g/mol. The van der Waals surface area contributed by atoms with Gasteiger partial charge in [0.2, 0.25) is 0 Å². The Kier molecular flexibility index (Phi) is 5.80. The summed E-state index contributed by atoms with van der Waals surface area (Å²) >= 11 is 16.1. The van der Waals surface area contributed by atoms with Gasteiger partial charge >= 0.3 is 0 Å². The van der Waals surface area contributed by atoms with Crippen LogP contribution in [0.25, 0.3) is 0 Å². The fourth-order valence-electron chi connectivity index (χ4n) is 2.15. The topological polar surface area (TPSA) is 18.5 Å². The molecule has 0 aliphatic rings. The molecule has 0 saturated heterocycles. The van der Waals surface area contributed by atoms with Gasteiger partial charge in [-0.15, -0.1) is 11.6 Å². The van der Waals surface area contributed by atoms with E-state index in [9.17, 15) is 0 Å². The molecule has 0 saturated carbocycles. The third-order valence-electron chi connectivity index (χ3n) is 3.16. The highest BCUT2D eigenvalue weighted by Gasteiger charge is 2.19. The Morgan fingerprint density at radius 3 is 2.52 bits per heavy atom. The number of methoxy groups -OCH3 is 2. The lowest BCUT2D eigenvalue weighted by atomic mass is 10.0. The lowest BCUT2D eigenvalue weighted by molar-refractivity contribution is 0.386. The monoisotopic (exact) mass is 388 g/mol. The van der Waals surface area contributed by atoms with Crippen LogP contribution in [0.5, 0.6) is 11.5 Å². The maximum absolute atomic E-state index is 6.56. The Labute approximate surface area is 143 Å². The Morgan fingerprint density at radius 2 is 1.90 bits per heavy atom. The highest BCUT2D eigenvalue weighted by Crippen LogP contribution is 2.42. The van der Waals surface area contributed by atoms with E-state index in [1.807, 2.05) is 36.4 Å². The molecule has 0 N–H and O–H groups in total. The van der Waals surface area contributed by atoms with Crippen molar-refractivity contribution in [2.75, 3.05) is 14.2 Å². The molecule has 0 bridgehead atoms. The molecule has 0 spiro atoms. The van der Waals surface area contributed by atoms with Gasteiger partial charge in [0.05, 0.1) is 19.6 Å². The van der Waals surface area contributed by atoms with Gasteiger partial charge in [-0.25, -0.2) is 0 Å². The van der Waals surface area contributed by atoms with E-state index in [0.29, 0.717) is 22.9 Å². The number of benzene rings is 2. The van der Waals surface area contributed by atoms with Crippen molar-refractivity contribution in [3.05, 3.63) is 57.0 Å². The number of ether oxygens (including phenoxy) is 2. The molecule has 21 heavy (non-hydrogen) atoms. The van der Waals surface area contributed by atoms with Crippen LogP contribution in [0.1, 0.15) is 16.5 Å². The predicted octanol–water partition coefficient (Wildman–Crippen LogP) is 5.64. The molecule has 2 aromatic rings. The minimum absolute atomic E-state index is 0.222. The fraction of sp³-hybridized carbons (Fsp3) is 0.250. The second-order valence-electron chi connectivity index (χ2n) is 4.51. The van der Waals surface area contributed by atoms with Crippen molar-refractivity contribution >= 4 is 39.1 Å². The summed E-state index contributed by atoms with van der Waals surface area (Å²) in [6, 6.07) is 11.5. The summed E-state index contributed by atoms with van der Waals surface area (Å²) in [5.41, 5.74) is 1.99. The smallest absolute Gasteiger partial charge is 0.141 e. The summed E-state index contributed by atoms with van der Waals surface area (Å²) < 4.78 is 11.5. The average Bonchev–Trinajstić information content (AvgIpc) is 2.46. The highest BCUT2D eigenvalue weighted by atomic mass is 79.9. The van der Waals surface area contributed by atoms with Crippen LogP contribution in [-0.4, -0.2) is 14.2 Å². The van der Waals surface area contributed by atoms with Gasteiger partial charge in [0.15, 0.2) is 0 Å². The van der Waals surface area contributed by atoms with Crippen molar-refractivity contribution in [1.82, 2.24) is 0 Å². The van der Waals surface area contributed by atoms with Gasteiger partial charge in [-0.3, -0.25) is 0 Å². The van der Waals surface area contributed by atoms with Crippen LogP contribution in [0.3, 0.4) is 0 Å². The molecule has 112 valence electrons. The van der Waals surface area contributed by atoms with Gasteiger partial charge in [-0.1, -0.05) is 29.8 Å². The van der Waals surface area contributed by atoms with Crippen molar-refractivity contribution in [2.24, 2.45) is 0 Å². The summed E-state index contributed by atoms with van der Waals surface area (Å²) in [5, 5.41) is 0.486. The van der Waals surface area contributed by atoms with Crippen molar-refractivity contribution in [2.45, 2.75) is 11.8 Å². The van der Waals surface area contributed by atoms with Crippen LogP contribution in [0, 0.1) is 0 Å². The molecule has 0 radical (unpaired) electrons. The third-order valence-corrected chi connectivity index (χ3v) is 4.53. The largest absolute Gasteiger partial charge is 0.495 e. The summed E-state index contributed by atoms with van der Waals surface area (Å²) in [7, 11) is 3.23. The molecule has 0 aliphatic carbocycles. The van der Waals surface area contributed by atoms with Gasteiger partial charge in [-0.05, 0) is 46.1 Å². The molecule has 5 heteroatoms. The molecule has 0 fully saturated rings. The molecule has 0 aromatic heterocycles. The van der Waals surface area contributed by atoms with Gasteiger partial charge < -0.3 is 9.47 Å². The van der Waals surface area contributed by atoms with E-state index in [1.54, 1.807) is 14.2 Å². The molecule has 2 aromatic carbocycles. The van der Waals surface area contributed by atoms with E-state index in [0.717, 1.165) is 15.6 Å². The predicted molar refractivity (Wildman–Crippen MR) is 91.0 cm³/mol. The summed E-state index contributed by atoms with van der Waals surface area (Å²) in [6.07, 6.45) is 0.664. The van der Waals surface area contributed by atoms with Crippen molar-refractivity contribution < 1.29 is 9.47 Å². The Bertz CT molecular complexity index is 632. The van der Waals surface area contributed by atoms with E-state index in [1.165, 1.54) is 0 Å². The summed E-state index contributed by atoms with van der Waals surface area (Å²) in [5.74, 6) is 1.40. The summed E-state index contributed by atoms with van der Waals surface area (Å²) in [6.45, 7) is 0. The Morgan fingerprint density at radius 1 is 1.14 bits per heavy atom. The van der Waals surface area contributed by atoms with Crippen LogP contribution in [0.4, 0.5) is 0 Å². The summed E-state index contributed by atoms with van der Waals surface area (Å²) in [4.78, 5) is 0.